The second kappa shape index (κ2) is 5.17. The topological polar surface area (TPSA) is 79.8 Å². The van der Waals surface area contributed by atoms with Crippen LogP contribution in [0.4, 0.5) is 16.2 Å². The normalized spacial score (nSPS) is 9.89. The van der Waals surface area contributed by atoms with Crippen molar-refractivity contribution in [2.45, 2.75) is 0 Å². The van der Waals surface area contributed by atoms with Gasteiger partial charge in [0.2, 0.25) is 5.95 Å². The number of rotatable bonds is 3. The lowest BCUT2D eigenvalue weighted by Crippen LogP contribution is -2.16. The van der Waals surface area contributed by atoms with Crippen molar-refractivity contribution in [1.29, 1.82) is 0 Å². The fraction of sp³-hybridized carbons (Fsp3) is 0.0909. The zero-order valence-corrected chi connectivity index (χ0v) is 9.51. The Morgan fingerprint density at radius 1 is 1.22 bits per heavy atom. The lowest BCUT2D eigenvalue weighted by molar-refractivity contribution is 0.102. The quantitative estimate of drug-likeness (QED) is 0.854. The van der Waals surface area contributed by atoms with Crippen molar-refractivity contribution in [2.75, 3.05) is 17.7 Å². The maximum Gasteiger partial charge on any atom is 0.261 e. The predicted octanol–water partition coefficient (Wildman–Crippen LogP) is 1.30. The van der Waals surface area contributed by atoms with Gasteiger partial charge in [0.15, 0.2) is 11.6 Å². The van der Waals surface area contributed by atoms with E-state index in [9.17, 15) is 9.18 Å². The van der Waals surface area contributed by atoms with E-state index in [0.29, 0.717) is 0 Å². The van der Waals surface area contributed by atoms with E-state index >= 15 is 0 Å². The van der Waals surface area contributed by atoms with Gasteiger partial charge in [-0.25, -0.2) is 19.3 Å². The van der Waals surface area contributed by atoms with Crippen molar-refractivity contribution in [3.05, 3.63) is 42.1 Å². The highest BCUT2D eigenvalue weighted by molar-refractivity contribution is 6.03. The minimum atomic E-state index is -0.714. The molecule has 0 radical (unpaired) electrons. The first kappa shape index (κ1) is 11.9. The molecule has 0 spiro atoms. The van der Waals surface area contributed by atoms with Gasteiger partial charge in [-0.05, 0) is 12.1 Å². The molecule has 0 atom stereocenters. The molecule has 2 heterocycles. The Bertz CT molecular complexity index is 561. The molecule has 0 fully saturated rings. The highest BCUT2D eigenvalue weighted by Gasteiger charge is 2.16. The molecule has 2 aromatic heterocycles. The van der Waals surface area contributed by atoms with Crippen molar-refractivity contribution in [2.24, 2.45) is 0 Å². The largest absolute Gasteiger partial charge is 0.371 e. The lowest BCUT2D eigenvalue weighted by Gasteiger charge is -2.06. The van der Waals surface area contributed by atoms with Gasteiger partial charge in [0.1, 0.15) is 0 Å². The summed E-state index contributed by atoms with van der Waals surface area (Å²) < 4.78 is 13.8. The molecule has 2 aromatic rings. The maximum absolute atomic E-state index is 13.8. The van der Waals surface area contributed by atoms with Crippen LogP contribution >= 0.6 is 0 Å². The molecule has 7 heteroatoms. The fourth-order valence-electron chi connectivity index (χ4n) is 1.33. The Hall–Kier alpha value is -2.57. The van der Waals surface area contributed by atoms with Gasteiger partial charge in [0.05, 0.1) is 5.56 Å². The summed E-state index contributed by atoms with van der Waals surface area (Å²) in [6.45, 7) is 0. The van der Waals surface area contributed by atoms with E-state index in [1.165, 1.54) is 31.7 Å². The molecule has 1 amide bonds. The number of pyridine rings is 1. The number of nitrogens with one attached hydrogen (secondary N) is 2. The zero-order chi connectivity index (χ0) is 13.0. The van der Waals surface area contributed by atoms with Crippen molar-refractivity contribution >= 4 is 17.7 Å². The molecule has 2 N–H and O–H groups in total. The Labute approximate surface area is 102 Å². The standard InChI is InChI=1S/C11H10FN5O/c1-13-9-8(12)7(3-6-14-9)10(18)17-11-15-4-2-5-16-11/h2-6H,1H3,(H,13,14)(H,15,16,17,18). The number of carbonyl (C=O) groups is 1. The summed E-state index contributed by atoms with van der Waals surface area (Å²) >= 11 is 0. The second-order valence-corrected chi connectivity index (χ2v) is 3.30. The highest BCUT2D eigenvalue weighted by atomic mass is 19.1. The number of carbonyl (C=O) groups excluding carboxylic acids is 1. The molecule has 0 aliphatic heterocycles. The molecular weight excluding hydrogens is 237 g/mol. The third-order valence-electron chi connectivity index (χ3n) is 2.16. The van der Waals surface area contributed by atoms with Crippen molar-refractivity contribution in [1.82, 2.24) is 15.0 Å². The molecule has 0 aromatic carbocycles. The van der Waals surface area contributed by atoms with Crippen molar-refractivity contribution in [3.63, 3.8) is 0 Å². The molecule has 0 saturated heterocycles. The van der Waals surface area contributed by atoms with Crippen LogP contribution in [0.1, 0.15) is 10.4 Å². The van der Waals surface area contributed by atoms with Gasteiger partial charge in [0, 0.05) is 25.6 Å². The monoisotopic (exact) mass is 247 g/mol. The first-order chi connectivity index (χ1) is 8.72. The number of hydrogen-bond donors (Lipinski definition) is 2. The summed E-state index contributed by atoms with van der Waals surface area (Å²) in [5.74, 6) is -1.22. The van der Waals surface area contributed by atoms with Crippen LogP contribution in [0.3, 0.4) is 0 Å². The molecule has 0 bridgehead atoms. The van der Waals surface area contributed by atoms with Gasteiger partial charge >= 0.3 is 0 Å². The van der Waals surface area contributed by atoms with Crippen LogP contribution < -0.4 is 10.6 Å². The van der Waals surface area contributed by atoms with Crippen LogP contribution in [0.15, 0.2) is 30.7 Å². The smallest absolute Gasteiger partial charge is 0.261 e. The molecule has 2 rings (SSSR count). The lowest BCUT2D eigenvalue weighted by atomic mass is 10.2. The third-order valence-corrected chi connectivity index (χ3v) is 2.16. The molecule has 6 nitrogen and oxygen atoms in total. The number of nitrogens with zero attached hydrogens (tertiary/aromatic N) is 3. The first-order valence-electron chi connectivity index (χ1n) is 5.13. The summed E-state index contributed by atoms with van der Waals surface area (Å²) in [4.78, 5) is 23.2. The fourth-order valence-corrected chi connectivity index (χ4v) is 1.33. The molecule has 0 aliphatic carbocycles. The van der Waals surface area contributed by atoms with Crippen LogP contribution in [-0.4, -0.2) is 27.9 Å². The van der Waals surface area contributed by atoms with E-state index in [-0.39, 0.29) is 17.3 Å². The van der Waals surface area contributed by atoms with E-state index in [4.69, 9.17) is 0 Å². The molecule has 18 heavy (non-hydrogen) atoms. The molecule has 0 saturated carbocycles. The average Bonchev–Trinajstić information content (AvgIpc) is 2.40. The highest BCUT2D eigenvalue weighted by Crippen LogP contribution is 2.15. The second-order valence-electron chi connectivity index (χ2n) is 3.30. The Morgan fingerprint density at radius 3 is 2.61 bits per heavy atom. The summed E-state index contributed by atoms with van der Waals surface area (Å²) in [5.41, 5.74) is -0.123. The van der Waals surface area contributed by atoms with E-state index < -0.39 is 11.7 Å². The van der Waals surface area contributed by atoms with Gasteiger partial charge in [-0.15, -0.1) is 0 Å². The summed E-state index contributed by atoms with van der Waals surface area (Å²) in [7, 11) is 1.52. The Balaban J connectivity index is 2.24. The van der Waals surface area contributed by atoms with Gasteiger partial charge in [-0.2, -0.15) is 0 Å². The van der Waals surface area contributed by atoms with Crippen LogP contribution in [0.25, 0.3) is 0 Å². The number of hydrogen-bond acceptors (Lipinski definition) is 5. The minimum absolute atomic E-state index is 0.0108. The first-order valence-corrected chi connectivity index (χ1v) is 5.13. The van der Waals surface area contributed by atoms with E-state index in [1.54, 1.807) is 6.07 Å². The predicted molar refractivity (Wildman–Crippen MR) is 63.7 cm³/mol. The Kier molecular flexibility index (Phi) is 3.42. The van der Waals surface area contributed by atoms with Crippen LogP contribution in [-0.2, 0) is 0 Å². The number of halogens is 1. The maximum atomic E-state index is 13.8. The van der Waals surface area contributed by atoms with Crippen molar-refractivity contribution in [3.8, 4) is 0 Å². The summed E-state index contributed by atoms with van der Waals surface area (Å²) in [6, 6.07) is 2.90. The van der Waals surface area contributed by atoms with Gasteiger partial charge in [-0.1, -0.05) is 0 Å². The van der Waals surface area contributed by atoms with E-state index in [0.717, 1.165) is 0 Å². The molecular formula is C11H10FN5O. The SMILES string of the molecule is CNc1nccc(C(=O)Nc2ncccn2)c1F. The van der Waals surface area contributed by atoms with E-state index in [2.05, 4.69) is 25.6 Å². The van der Waals surface area contributed by atoms with E-state index in [1.807, 2.05) is 0 Å². The van der Waals surface area contributed by atoms with Gasteiger partial charge < -0.3 is 5.32 Å². The van der Waals surface area contributed by atoms with Crippen LogP contribution in [0.5, 0.6) is 0 Å². The number of aromatic nitrogens is 3. The molecule has 92 valence electrons. The molecule has 0 aliphatic rings. The van der Waals surface area contributed by atoms with Gasteiger partial charge in [-0.3, -0.25) is 10.1 Å². The zero-order valence-electron chi connectivity index (χ0n) is 9.51. The Morgan fingerprint density at radius 2 is 1.94 bits per heavy atom. The van der Waals surface area contributed by atoms with Crippen LogP contribution in [0, 0.1) is 5.82 Å². The average molecular weight is 247 g/mol. The third kappa shape index (κ3) is 2.40. The summed E-state index contributed by atoms with van der Waals surface area (Å²) in [6.07, 6.45) is 4.30. The minimum Gasteiger partial charge on any atom is -0.371 e. The van der Waals surface area contributed by atoms with Gasteiger partial charge in [0.25, 0.3) is 5.91 Å². The van der Waals surface area contributed by atoms with Crippen molar-refractivity contribution < 1.29 is 9.18 Å². The van der Waals surface area contributed by atoms with Crippen LogP contribution in [0.2, 0.25) is 0 Å². The molecule has 0 unspecified atom stereocenters. The summed E-state index contributed by atoms with van der Waals surface area (Å²) in [5, 5.41) is 4.95. The number of anilines is 2. The number of amides is 1.